The van der Waals surface area contributed by atoms with E-state index < -0.39 is 0 Å². The molecule has 1 N–H and O–H groups in total. The third kappa shape index (κ3) is 2.07. The SMILES string of the molecule is CCC1CCC(c2ccc3ccccc3c2)N1. The van der Waals surface area contributed by atoms with Gasteiger partial charge in [-0.2, -0.15) is 0 Å². The molecule has 88 valence electrons. The second kappa shape index (κ2) is 4.50. The molecule has 2 aromatic rings. The van der Waals surface area contributed by atoms with Crippen LogP contribution >= 0.6 is 0 Å². The highest BCUT2D eigenvalue weighted by Crippen LogP contribution is 2.29. The Balaban J connectivity index is 1.91. The highest BCUT2D eigenvalue weighted by molar-refractivity contribution is 5.83. The molecule has 1 heterocycles. The summed E-state index contributed by atoms with van der Waals surface area (Å²) in [7, 11) is 0. The van der Waals surface area contributed by atoms with Crippen molar-refractivity contribution < 1.29 is 0 Å². The van der Waals surface area contributed by atoms with Crippen LogP contribution in [0.2, 0.25) is 0 Å². The molecule has 0 amide bonds. The maximum Gasteiger partial charge on any atom is 0.0323 e. The van der Waals surface area contributed by atoms with Crippen molar-refractivity contribution in [3.05, 3.63) is 48.0 Å². The van der Waals surface area contributed by atoms with E-state index in [9.17, 15) is 0 Å². The molecule has 1 aliphatic heterocycles. The zero-order valence-electron chi connectivity index (χ0n) is 10.3. The third-order valence-electron chi connectivity index (χ3n) is 3.91. The molecule has 1 saturated heterocycles. The summed E-state index contributed by atoms with van der Waals surface area (Å²) in [4.78, 5) is 0. The second-order valence-electron chi connectivity index (χ2n) is 5.01. The molecule has 1 heteroatoms. The fraction of sp³-hybridized carbons (Fsp3) is 0.375. The van der Waals surface area contributed by atoms with E-state index in [4.69, 9.17) is 0 Å². The standard InChI is InChI=1S/C16H19N/c1-2-15-9-10-16(17-15)14-8-7-12-5-3-4-6-13(12)11-14/h3-8,11,15-17H,2,9-10H2,1H3. The van der Waals surface area contributed by atoms with Crippen LogP contribution in [-0.4, -0.2) is 6.04 Å². The summed E-state index contributed by atoms with van der Waals surface area (Å²) in [6.07, 6.45) is 3.83. The first-order valence-corrected chi connectivity index (χ1v) is 6.61. The molecular formula is C16H19N. The van der Waals surface area contributed by atoms with E-state index in [0.717, 1.165) is 0 Å². The van der Waals surface area contributed by atoms with E-state index in [0.29, 0.717) is 12.1 Å². The van der Waals surface area contributed by atoms with Crippen molar-refractivity contribution in [2.75, 3.05) is 0 Å². The van der Waals surface area contributed by atoms with Gasteiger partial charge >= 0.3 is 0 Å². The Morgan fingerprint density at radius 2 is 1.88 bits per heavy atom. The summed E-state index contributed by atoms with van der Waals surface area (Å²) in [5.74, 6) is 0. The summed E-state index contributed by atoms with van der Waals surface area (Å²) in [6.45, 7) is 2.26. The van der Waals surface area contributed by atoms with E-state index >= 15 is 0 Å². The van der Waals surface area contributed by atoms with Gasteiger partial charge in [-0.1, -0.05) is 43.3 Å². The number of benzene rings is 2. The Morgan fingerprint density at radius 3 is 2.65 bits per heavy atom. The molecule has 1 nitrogen and oxygen atoms in total. The molecule has 17 heavy (non-hydrogen) atoms. The van der Waals surface area contributed by atoms with Crippen molar-refractivity contribution in [1.82, 2.24) is 5.32 Å². The van der Waals surface area contributed by atoms with Crippen molar-refractivity contribution in [3.8, 4) is 0 Å². The largest absolute Gasteiger partial charge is 0.307 e. The number of rotatable bonds is 2. The van der Waals surface area contributed by atoms with Gasteiger partial charge in [0.1, 0.15) is 0 Å². The quantitative estimate of drug-likeness (QED) is 0.813. The lowest BCUT2D eigenvalue weighted by molar-refractivity contribution is 0.540. The van der Waals surface area contributed by atoms with Crippen molar-refractivity contribution in [2.24, 2.45) is 0 Å². The lowest BCUT2D eigenvalue weighted by Crippen LogP contribution is -2.23. The van der Waals surface area contributed by atoms with Crippen LogP contribution in [0.1, 0.15) is 37.8 Å². The molecule has 0 aliphatic carbocycles. The molecule has 0 saturated carbocycles. The molecule has 0 aromatic heterocycles. The van der Waals surface area contributed by atoms with Crippen molar-refractivity contribution >= 4 is 10.8 Å². The number of hydrogen-bond donors (Lipinski definition) is 1. The number of fused-ring (bicyclic) bond motifs is 1. The molecule has 0 radical (unpaired) electrons. The van der Waals surface area contributed by atoms with Gasteiger partial charge in [0.05, 0.1) is 0 Å². The molecule has 0 spiro atoms. The number of hydrogen-bond acceptors (Lipinski definition) is 1. The zero-order valence-corrected chi connectivity index (χ0v) is 10.3. The van der Waals surface area contributed by atoms with Gasteiger partial charge in [-0.05, 0) is 41.7 Å². The molecule has 1 fully saturated rings. The Hall–Kier alpha value is -1.34. The molecule has 0 bridgehead atoms. The summed E-state index contributed by atoms with van der Waals surface area (Å²) >= 11 is 0. The monoisotopic (exact) mass is 225 g/mol. The maximum atomic E-state index is 3.72. The molecule has 2 atom stereocenters. The van der Waals surface area contributed by atoms with E-state index in [-0.39, 0.29) is 0 Å². The molecular weight excluding hydrogens is 206 g/mol. The van der Waals surface area contributed by atoms with Crippen LogP contribution in [0.25, 0.3) is 10.8 Å². The zero-order chi connectivity index (χ0) is 11.7. The lowest BCUT2D eigenvalue weighted by Gasteiger charge is -2.14. The van der Waals surface area contributed by atoms with Crippen LogP contribution in [0, 0.1) is 0 Å². The van der Waals surface area contributed by atoms with Crippen molar-refractivity contribution in [1.29, 1.82) is 0 Å². The predicted octanol–water partition coefficient (Wildman–Crippen LogP) is 4.04. The Kier molecular flexibility index (Phi) is 2.86. The fourth-order valence-electron chi connectivity index (χ4n) is 2.83. The van der Waals surface area contributed by atoms with Gasteiger partial charge < -0.3 is 5.32 Å². The Labute approximate surface area is 103 Å². The molecule has 3 rings (SSSR count). The predicted molar refractivity (Wildman–Crippen MR) is 73.1 cm³/mol. The van der Waals surface area contributed by atoms with Gasteiger partial charge in [-0.3, -0.25) is 0 Å². The summed E-state index contributed by atoms with van der Waals surface area (Å²) in [5.41, 5.74) is 1.44. The van der Waals surface area contributed by atoms with Gasteiger partial charge in [-0.25, -0.2) is 0 Å². The van der Waals surface area contributed by atoms with Crippen LogP contribution < -0.4 is 5.32 Å². The number of nitrogens with one attached hydrogen (secondary N) is 1. The summed E-state index contributed by atoms with van der Waals surface area (Å²) in [6, 6.07) is 16.7. The van der Waals surface area contributed by atoms with E-state index in [2.05, 4.69) is 54.7 Å². The van der Waals surface area contributed by atoms with Crippen molar-refractivity contribution in [3.63, 3.8) is 0 Å². The first-order valence-electron chi connectivity index (χ1n) is 6.61. The van der Waals surface area contributed by atoms with Crippen LogP contribution in [0.15, 0.2) is 42.5 Å². The summed E-state index contributed by atoms with van der Waals surface area (Å²) < 4.78 is 0. The first-order chi connectivity index (χ1) is 8.36. The normalized spacial score (nSPS) is 24.3. The van der Waals surface area contributed by atoms with Gasteiger partial charge in [0, 0.05) is 12.1 Å². The highest BCUT2D eigenvalue weighted by atomic mass is 15.0. The second-order valence-corrected chi connectivity index (χ2v) is 5.01. The topological polar surface area (TPSA) is 12.0 Å². The van der Waals surface area contributed by atoms with Crippen LogP contribution in [0.4, 0.5) is 0 Å². The third-order valence-corrected chi connectivity index (χ3v) is 3.91. The van der Waals surface area contributed by atoms with E-state index in [1.807, 2.05) is 0 Å². The first kappa shape index (κ1) is 10.8. The Bertz CT molecular complexity index is 518. The van der Waals surface area contributed by atoms with Gasteiger partial charge in [-0.15, -0.1) is 0 Å². The highest BCUT2D eigenvalue weighted by Gasteiger charge is 2.23. The van der Waals surface area contributed by atoms with Crippen LogP contribution in [0.3, 0.4) is 0 Å². The minimum Gasteiger partial charge on any atom is -0.307 e. The Morgan fingerprint density at radius 1 is 1.06 bits per heavy atom. The molecule has 2 aromatic carbocycles. The van der Waals surface area contributed by atoms with Gasteiger partial charge in [0.25, 0.3) is 0 Å². The van der Waals surface area contributed by atoms with Gasteiger partial charge in [0.2, 0.25) is 0 Å². The van der Waals surface area contributed by atoms with E-state index in [1.165, 1.54) is 35.6 Å². The summed E-state index contributed by atoms with van der Waals surface area (Å²) in [5, 5.41) is 6.41. The average Bonchev–Trinajstić information content (AvgIpc) is 2.87. The van der Waals surface area contributed by atoms with Crippen LogP contribution in [0.5, 0.6) is 0 Å². The van der Waals surface area contributed by atoms with E-state index in [1.54, 1.807) is 0 Å². The van der Waals surface area contributed by atoms with Crippen LogP contribution in [-0.2, 0) is 0 Å². The van der Waals surface area contributed by atoms with Gasteiger partial charge in [0.15, 0.2) is 0 Å². The fourth-order valence-corrected chi connectivity index (χ4v) is 2.83. The molecule has 2 unspecified atom stereocenters. The maximum absolute atomic E-state index is 3.72. The molecule has 1 aliphatic rings. The minimum absolute atomic E-state index is 0.560. The minimum atomic E-state index is 0.560. The smallest absolute Gasteiger partial charge is 0.0323 e. The average molecular weight is 225 g/mol. The van der Waals surface area contributed by atoms with Crippen molar-refractivity contribution in [2.45, 2.75) is 38.3 Å². The lowest BCUT2D eigenvalue weighted by atomic mass is 10.0.